The molecule has 1 heterocycles. The summed E-state index contributed by atoms with van der Waals surface area (Å²) in [6.07, 6.45) is 2.46. The number of aromatic nitrogens is 2. The quantitative estimate of drug-likeness (QED) is 0.888. The molecule has 1 amide bonds. The van der Waals surface area contributed by atoms with Crippen LogP contribution >= 0.6 is 11.6 Å². The van der Waals surface area contributed by atoms with E-state index in [1.54, 1.807) is 0 Å². The SMILES string of the molecule is NC(=O)c1cnc(-c2c(F)cccc2Cl)nc1. The molecule has 0 fully saturated rings. The Balaban J connectivity index is 2.50. The molecule has 2 rings (SSSR count). The molecule has 17 heavy (non-hydrogen) atoms. The van der Waals surface area contributed by atoms with Crippen molar-refractivity contribution in [1.82, 2.24) is 9.97 Å². The van der Waals surface area contributed by atoms with Crippen molar-refractivity contribution in [3.8, 4) is 11.4 Å². The first kappa shape index (κ1) is 11.5. The van der Waals surface area contributed by atoms with Crippen LogP contribution in [0.1, 0.15) is 10.4 Å². The van der Waals surface area contributed by atoms with E-state index < -0.39 is 11.7 Å². The first-order valence-corrected chi connectivity index (χ1v) is 5.03. The molecule has 0 aliphatic rings. The molecule has 2 aromatic rings. The number of hydrogen-bond donors (Lipinski definition) is 1. The predicted octanol–water partition coefficient (Wildman–Crippen LogP) is 2.04. The van der Waals surface area contributed by atoms with Gasteiger partial charge in [-0.25, -0.2) is 14.4 Å². The Hall–Kier alpha value is -2.01. The number of benzene rings is 1. The highest BCUT2D eigenvalue weighted by atomic mass is 35.5. The Morgan fingerprint density at radius 3 is 2.47 bits per heavy atom. The minimum absolute atomic E-state index is 0.102. The summed E-state index contributed by atoms with van der Waals surface area (Å²) in [5.41, 5.74) is 5.30. The van der Waals surface area contributed by atoms with Crippen molar-refractivity contribution in [2.24, 2.45) is 5.73 Å². The number of amides is 1. The van der Waals surface area contributed by atoms with Crippen LogP contribution in [0.2, 0.25) is 5.02 Å². The van der Waals surface area contributed by atoms with Gasteiger partial charge in [-0.2, -0.15) is 0 Å². The molecule has 0 aliphatic carbocycles. The summed E-state index contributed by atoms with van der Waals surface area (Å²) in [6, 6.07) is 4.27. The molecule has 1 aromatic carbocycles. The number of rotatable bonds is 2. The lowest BCUT2D eigenvalue weighted by molar-refractivity contribution is 0.0999. The van der Waals surface area contributed by atoms with Gasteiger partial charge in [0.1, 0.15) is 5.82 Å². The van der Waals surface area contributed by atoms with Gasteiger partial charge < -0.3 is 5.73 Å². The Kier molecular flexibility index (Phi) is 3.01. The van der Waals surface area contributed by atoms with Gasteiger partial charge in [-0.05, 0) is 12.1 Å². The van der Waals surface area contributed by atoms with Gasteiger partial charge in [0.05, 0.1) is 16.1 Å². The van der Waals surface area contributed by atoms with Gasteiger partial charge in [0.2, 0.25) is 0 Å². The average Bonchev–Trinajstić information content (AvgIpc) is 2.29. The van der Waals surface area contributed by atoms with Crippen molar-refractivity contribution in [3.63, 3.8) is 0 Å². The number of carbonyl (C=O) groups is 1. The van der Waals surface area contributed by atoms with E-state index in [9.17, 15) is 9.18 Å². The lowest BCUT2D eigenvalue weighted by atomic mass is 10.2. The van der Waals surface area contributed by atoms with Crippen LogP contribution < -0.4 is 5.73 Å². The highest BCUT2D eigenvalue weighted by Crippen LogP contribution is 2.27. The predicted molar refractivity (Wildman–Crippen MR) is 61.0 cm³/mol. The summed E-state index contributed by atoms with van der Waals surface area (Å²) in [5.74, 6) is -1.06. The van der Waals surface area contributed by atoms with Gasteiger partial charge in [0.15, 0.2) is 5.82 Å². The van der Waals surface area contributed by atoms with Crippen LogP contribution in [0.3, 0.4) is 0 Å². The Labute approximate surface area is 101 Å². The lowest BCUT2D eigenvalue weighted by Crippen LogP contribution is -2.11. The van der Waals surface area contributed by atoms with Crippen LogP contribution in [0.25, 0.3) is 11.4 Å². The fraction of sp³-hybridized carbons (Fsp3) is 0. The summed E-state index contributed by atoms with van der Waals surface area (Å²) in [6.45, 7) is 0. The zero-order valence-corrected chi connectivity index (χ0v) is 9.28. The van der Waals surface area contributed by atoms with Crippen LogP contribution in [0.4, 0.5) is 4.39 Å². The van der Waals surface area contributed by atoms with Crippen LogP contribution in [0.5, 0.6) is 0 Å². The van der Waals surface area contributed by atoms with E-state index in [-0.39, 0.29) is 22.0 Å². The highest BCUT2D eigenvalue weighted by Gasteiger charge is 2.12. The van der Waals surface area contributed by atoms with Gasteiger partial charge in [0, 0.05) is 12.4 Å². The molecule has 4 nitrogen and oxygen atoms in total. The molecule has 0 radical (unpaired) electrons. The van der Waals surface area contributed by atoms with Gasteiger partial charge in [-0.3, -0.25) is 4.79 Å². The van der Waals surface area contributed by atoms with Crippen molar-refractivity contribution in [1.29, 1.82) is 0 Å². The molecular weight excluding hydrogens is 245 g/mol. The van der Waals surface area contributed by atoms with Crippen LogP contribution in [0.15, 0.2) is 30.6 Å². The van der Waals surface area contributed by atoms with E-state index in [2.05, 4.69) is 9.97 Å². The molecule has 1 aromatic heterocycles. The molecular formula is C11H7ClFN3O. The molecule has 0 spiro atoms. The van der Waals surface area contributed by atoms with Gasteiger partial charge in [0.25, 0.3) is 5.91 Å². The smallest absolute Gasteiger partial charge is 0.251 e. The molecule has 0 saturated heterocycles. The number of halogens is 2. The molecule has 0 bridgehead atoms. The molecule has 0 unspecified atom stereocenters. The second-order valence-electron chi connectivity index (χ2n) is 3.26. The normalized spacial score (nSPS) is 10.2. The van der Waals surface area contributed by atoms with Crippen LogP contribution in [-0.2, 0) is 0 Å². The van der Waals surface area contributed by atoms with E-state index >= 15 is 0 Å². The zero-order valence-electron chi connectivity index (χ0n) is 8.52. The second-order valence-corrected chi connectivity index (χ2v) is 3.66. The summed E-state index contributed by atoms with van der Waals surface area (Å²) >= 11 is 5.85. The number of hydrogen-bond acceptors (Lipinski definition) is 3. The molecule has 86 valence electrons. The first-order valence-electron chi connectivity index (χ1n) is 4.66. The summed E-state index contributed by atoms with van der Waals surface area (Å²) in [5, 5.41) is 0.205. The van der Waals surface area contributed by atoms with E-state index in [0.29, 0.717) is 0 Å². The standard InChI is InChI=1S/C11H7ClFN3O/c12-7-2-1-3-8(13)9(7)11-15-4-6(5-16-11)10(14)17/h1-5H,(H2,14,17). The van der Waals surface area contributed by atoms with Crippen molar-refractivity contribution < 1.29 is 9.18 Å². The van der Waals surface area contributed by atoms with Crippen LogP contribution in [0, 0.1) is 5.82 Å². The van der Waals surface area contributed by atoms with Crippen molar-refractivity contribution in [2.45, 2.75) is 0 Å². The third kappa shape index (κ3) is 2.24. The van der Waals surface area contributed by atoms with E-state index in [4.69, 9.17) is 17.3 Å². The Morgan fingerprint density at radius 2 is 1.94 bits per heavy atom. The highest BCUT2D eigenvalue weighted by molar-refractivity contribution is 6.33. The first-order chi connectivity index (χ1) is 8.09. The minimum atomic E-state index is -0.642. The molecule has 0 aliphatic heterocycles. The van der Waals surface area contributed by atoms with Crippen molar-refractivity contribution in [2.75, 3.05) is 0 Å². The summed E-state index contributed by atoms with van der Waals surface area (Å²) < 4.78 is 13.5. The third-order valence-corrected chi connectivity index (χ3v) is 2.44. The van der Waals surface area contributed by atoms with Gasteiger partial charge >= 0.3 is 0 Å². The van der Waals surface area contributed by atoms with E-state index in [1.165, 1.54) is 30.6 Å². The fourth-order valence-corrected chi connectivity index (χ4v) is 1.54. The topological polar surface area (TPSA) is 68.9 Å². The Morgan fingerprint density at radius 1 is 1.29 bits per heavy atom. The fourth-order valence-electron chi connectivity index (χ4n) is 1.30. The van der Waals surface area contributed by atoms with E-state index in [1.807, 2.05) is 0 Å². The number of nitrogens with zero attached hydrogens (tertiary/aromatic N) is 2. The van der Waals surface area contributed by atoms with Gasteiger partial charge in [-0.1, -0.05) is 17.7 Å². The third-order valence-electron chi connectivity index (χ3n) is 2.12. The number of nitrogens with two attached hydrogens (primary N) is 1. The Bertz CT molecular complexity index is 551. The summed E-state index contributed by atoms with van der Waals surface area (Å²) in [4.78, 5) is 18.5. The molecule has 0 saturated carbocycles. The van der Waals surface area contributed by atoms with Crippen molar-refractivity contribution >= 4 is 17.5 Å². The lowest BCUT2D eigenvalue weighted by Gasteiger charge is -2.04. The van der Waals surface area contributed by atoms with Gasteiger partial charge in [-0.15, -0.1) is 0 Å². The minimum Gasteiger partial charge on any atom is -0.366 e. The average molecular weight is 252 g/mol. The number of carbonyl (C=O) groups excluding carboxylic acids is 1. The second kappa shape index (κ2) is 4.47. The maximum atomic E-state index is 13.5. The summed E-state index contributed by atoms with van der Waals surface area (Å²) in [7, 11) is 0. The van der Waals surface area contributed by atoms with Crippen molar-refractivity contribution in [3.05, 3.63) is 47.0 Å². The number of primary amides is 1. The molecule has 2 N–H and O–H groups in total. The molecule has 0 atom stereocenters. The van der Waals surface area contributed by atoms with E-state index in [0.717, 1.165) is 0 Å². The zero-order chi connectivity index (χ0) is 12.4. The van der Waals surface area contributed by atoms with Crippen LogP contribution in [-0.4, -0.2) is 15.9 Å². The largest absolute Gasteiger partial charge is 0.366 e. The monoisotopic (exact) mass is 251 g/mol. The maximum absolute atomic E-state index is 13.5. The maximum Gasteiger partial charge on any atom is 0.251 e. The molecule has 6 heteroatoms.